The van der Waals surface area contributed by atoms with Gasteiger partial charge in [0.15, 0.2) is 11.5 Å². The van der Waals surface area contributed by atoms with Crippen molar-refractivity contribution in [3.8, 4) is 11.5 Å². The number of carbonyl (C=O) groups is 1. The predicted octanol–water partition coefficient (Wildman–Crippen LogP) is 2.62. The van der Waals surface area contributed by atoms with Crippen LogP contribution in [0.5, 0.6) is 11.5 Å². The first-order valence-corrected chi connectivity index (χ1v) is 11.9. The van der Waals surface area contributed by atoms with E-state index in [2.05, 4.69) is 27.7 Å². The normalized spacial score (nSPS) is 17.6. The van der Waals surface area contributed by atoms with E-state index in [1.807, 2.05) is 23.1 Å². The van der Waals surface area contributed by atoms with E-state index in [-0.39, 0.29) is 11.7 Å². The molecule has 0 spiro atoms. The molecule has 4 rings (SSSR count). The van der Waals surface area contributed by atoms with Crippen LogP contribution in [0.4, 0.5) is 10.1 Å². The Morgan fingerprint density at radius 2 is 1.44 bits per heavy atom. The number of aryl methyl sites for hydroxylation is 1. The second kappa shape index (κ2) is 11.1. The molecule has 1 amide bonds. The van der Waals surface area contributed by atoms with E-state index >= 15 is 0 Å². The summed E-state index contributed by atoms with van der Waals surface area (Å²) in [6, 6.07) is 10.7. The van der Waals surface area contributed by atoms with Crippen LogP contribution in [0, 0.1) is 12.7 Å². The van der Waals surface area contributed by atoms with Crippen LogP contribution in [0.15, 0.2) is 36.4 Å². The summed E-state index contributed by atoms with van der Waals surface area (Å²) in [6.07, 6.45) is 0. The van der Waals surface area contributed by atoms with Gasteiger partial charge < -0.3 is 19.3 Å². The molecular weight excluding hydrogens is 435 g/mol. The van der Waals surface area contributed by atoms with Crippen molar-refractivity contribution in [1.29, 1.82) is 0 Å². The summed E-state index contributed by atoms with van der Waals surface area (Å²) < 4.78 is 24.0. The predicted molar refractivity (Wildman–Crippen MR) is 131 cm³/mol. The molecule has 34 heavy (non-hydrogen) atoms. The largest absolute Gasteiger partial charge is 0.493 e. The van der Waals surface area contributed by atoms with Gasteiger partial charge in [0.1, 0.15) is 5.82 Å². The Morgan fingerprint density at radius 1 is 0.853 bits per heavy atom. The molecule has 0 saturated carbocycles. The average molecular weight is 471 g/mol. The summed E-state index contributed by atoms with van der Waals surface area (Å²) in [5.74, 6) is 1.48. The zero-order chi connectivity index (χ0) is 24.1. The Bertz CT molecular complexity index is 969. The first-order valence-electron chi connectivity index (χ1n) is 11.9. The smallest absolute Gasteiger partial charge is 0.236 e. The Hall–Kier alpha value is -2.84. The van der Waals surface area contributed by atoms with E-state index < -0.39 is 0 Å². The number of amides is 1. The Morgan fingerprint density at radius 3 is 2.06 bits per heavy atom. The molecule has 2 fully saturated rings. The second-order valence-electron chi connectivity index (χ2n) is 9.03. The Kier molecular flexibility index (Phi) is 7.90. The van der Waals surface area contributed by atoms with Crippen LogP contribution in [-0.2, 0) is 11.3 Å². The number of hydrogen-bond donors (Lipinski definition) is 0. The minimum absolute atomic E-state index is 0.206. The third-order valence-corrected chi connectivity index (χ3v) is 6.88. The second-order valence-corrected chi connectivity index (χ2v) is 9.03. The van der Waals surface area contributed by atoms with E-state index in [4.69, 9.17) is 9.47 Å². The van der Waals surface area contributed by atoms with Gasteiger partial charge in [0, 0.05) is 64.6 Å². The van der Waals surface area contributed by atoms with Gasteiger partial charge in [-0.05, 0) is 54.4 Å². The van der Waals surface area contributed by atoms with Gasteiger partial charge in [0.2, 0.25) is 5.91 Å². The molecule has 184 valence electrons. The third kappa shape index (κ3) is 5.80. The first kappa shape index (κ1) is 24.3. The number of hydrogen-bond acceptors (Lipinski definition) is 6. The molecule has 0 aromatic heterocycles. The van der Waals surface area contributed by atoms with Crippen molar-refractivity contribution < 1.29 is 18.7 Å². The van der Waals surface area contributed by atoms with Crippen LogP contribution < -0.4 is 14.4 Å². The lowest BCUT2D eigenvalue weighted by atomic mass is 10.1. The minimum atomic E-state index is -0.216. The van der Waals surface area contributed by atoms with E-state index in [0.717, 1.165) is 76.1 Å². The number of nitrogens with zero attached hydrogens (tertiary/aromatic N) is 4. The fraction of sp³-hybridized carbons (Fsp3) is 0.500. The number of carbonyl (C=O) groups excluding carboxylic acids is 1. The van der Waals surface area contributed by atoms with Crippen LogP contribution in [0.1, 0.15) is 11.1 Å². The molecule has 8 heteroatoms. The summed E-state index contributed by atoms with van der Waals surface area (Å²) in [6.45, 7) is 9.97. The molecule has 0 atom stereocenters. The fourth-order valence-electron chi connectivity index (χ4n) is 4.70. The Labute approximate surface area is 201 Å². The van der Waals surface area contributed by atoms with Crippen LogP contribution >= 0.6 is 0 Å². The number of ether oxygens (including phenoxy) is 2. The van der Waals surface area contributed by atoms with Gasteiger partial charge in [-0.1, -0.05) is 0 Å². The number of benzene rings is 2. The van der Waals surface area contributed by atoms with Crippen molar-refractivity contribution in [3.63, 3.8) is 0 Å². The van der Waals surface area contributed by atoms with Crippen LogP contribution in [0.25, 0.3) is 0 Å². The quantitative estimate of drug-likeness (QED) is 0.620. The van der Waals surface area contributed by atoms with E-state index in [1.165, 1.54) is 23.3 Å². The van der Waals surface area contributed by atoms with Gasteiger partial charge in [0.05, 0.1) is 20.8 Å². The lowest BCUT2D eigenvalue weighted by molar-refractivity contribution is -0.134. The van der Waals surface area contributed by atoms with E-state index in [0.29, 0.717) is 6.54 Å². The summed E-state index contributed by atoms with van der Waals surface area (Å²) in [5, 5.41) is 0. The summed E-state index contributed by atoms with van der Waals surface area (Å²) in [4.78, 5) is 21.8. The maximum atomic E-state index is 13.2. The molecule has 0 radical (unpaired) electrons. The average Bonchev–Trinajstić information content (AvgIpc) is 2.86. The molecule has 2 aliphatic heterocycles. The number of rotatable bonds is 7. The van der Waals surface area contributed by atoms with Crippen LogP contribution in [0.2, 0.25) is 0 Å². The molecule has 0 unspecified atom stereocenters. The van der Waals surface area contributed by atoms with E-state index in [9.17, 15) is 9.18 Å². The summed E-state index contributed by atoms with van der Waals surface area (Å²) in [5.41, 5.74) is 3.43. The molecule has 2 aromatic carbocycles. The molecule has 2 heterocycles. The monoisotopic (exact) mass is 470 g/mol. The number of piperazine rings is 2. The highest BCUT2D eigenvalue weighted by atomic mass is 19.1. The van der Waals surface area contributed by atoms with Gasteiger partial charge >= 0.3 is 0 Å². The molecule has 0 N–H and O–H groups in total. The minimum Gasteiger partial charge on any atom is -0.493 e. The lowest BCUT2D eigenvalue weighted by Crippen LogP contribution is -2.53. The van der Waals surface area contributed by atoms with Crippen molar-refractivity contribution in [2.24, 2.45) is 0 Å². The highest BCUT2D eigenvalue weighted by Gasteiger charge is 2.25. The molecule has 0 aliphatic carbocycles. The third-order valence-electron chi connectivity index (χ3n) is 6.88. The highest BCUT2D eigenvalue weighted by Crippen LogP contribution is 2.31. The van der Waals surface area contributed by atoms with Gasteiger partial charge in [-0.15, -0.1) is 0 Å². The highest BCUT2D eigenvalue weighted by molar-refractivity contribution is 5.78. The number of halogens is 1. The topological polar surface area (TPSA) is 48.5 Å². The molecule has 2 aromatic rings. The van der Waals surface area contributed by atoms with Crippen molar-refractivity contribution in [1.82, 2.24) is 14.7 Å². The van der Waals surface area contributed by atoms with Crippen LogP contribution in [0.3, 0.4) is 0 Å². The van der Waals surface area contributed by atoms with Crippen molar-refractivity contribution in [3.05, 3.63) is 53.3 Å². The number of anilines is 1. The zero-order valence-corrected chi connectivity index (χ0v) is 20.4. The lowest BCUT2D eigenvalue weighted by Gasteiger charge is -2.38. The van der Waals surface area contributed by atoms with Gasteiger partial charge in [-0.3, -0.25) is 14.6 Å². The fourth-order valence-corrected chi connectivity index (χ4v) is 4.70. The number of methoxy groups -OCH3 is 2. The first-order chi connectivity index (χ1) is 16.5. The van der Waals surface area contributed by atoms with Gasteiger partial charge in [-0.25, -0.2) is 4.39 Å². The maximum absolute atomic E-state index is 13.2. The van der Waals surface area contributed by atoms with Crippen molar-refractivity contribution in [2.75, 3.05) is 78.0 Å². The molecule has 0 bridgehead atoms. The van der Waals surface area contributed by atoms with E-state index in [1.54, 1.807) is 14.2 Å². The van der Waals surface area contributed by atoms with Gasteiger partial charge in [0.25, 0.3) is 0 Å². The SMILES string of the molecule is COc1cc(C)c(CN2CCN(C(=O)CN3CCN(c4ccc(F)cc4)CC3)CC2)cc1OC. The maximum Gasteiger partial charge on any atom is 0.236 e. The molecular formula is C26H35FN4O3. The Balaban J connectivity index is 1.22. The summed E-state index contributed by atoms with van der Waals surface area (Å²) in [7, 11) is 3.31. The molecule has 2 saturated heterocycles. The van der Waals surface area contributed by atoms with Gasteiger partial charge in [-0.2, -0.15) is 0 Å². The van der Waals surface area contributed by atoms with Crippen molar-refractivity contribution >= 4 is 11.6 Å². The van der Waals surface area contributed by atoms with Crippen molar-refractivity contribution in [2.45, 2.75) is 13.5 Å². The molecule has 7 nitrogen and oxygen atoms in total. The van der Waals surface area contributed by atoms with Crippen LogP contribution in [-0.4, -0.2) is 93.7 Å². The summed E-state index contributed by atoms with van der Waals surface area (Å²) >= 11 is 0. The zero-order valence-electron chi connectivity index (χ0n) is 20.4. The molecule has 2 aliphatic rings. The standard InChI is InChI=1S/C26H35FN4O3/c1-20-16-24(33-2)25(34-3)17-21(20)18-28-10-14-31(15-11-28)26(32)19-29-8-12-30(13-9-29)23-6-4-22(27)5-7-23/h4-7,16-17H,8-15,18-19H2,1-3H3.